The minimum Gasteiger partial charge on any atom is -0.444 e. The van der Waals surface area contributed by atoms with Crippen LogP contribution >= 0.6 is 24.0 Å². The van der Waals surface area contributed by atoms with E-state index in [0.29, 0.717) is 13.1 Å². The lowest BCUT2D eigenvalue weighted by Crippen LogP contribution is -2.40. The minimum atomic E-state index is -0.477. The molecule has 0 aliphatic carbocycles. The van der Waals surface area contributed by atoms with Crippen LogP contribution in [0.25, 0.3) is 5.65 Å². The molecule has 0 radical (unpaired) electrons. The Balaban J connectivity index is 0.00000392. The first-order valence-corrected chi connectivity index (χ1v) is 9.21. The molecule has 0 fully saturated rings. The van der Waals surface area contributed by atoms with Crippen molar-refractivity contribution in [1.29, 1.82) is 0 Å². The lowest BCUT2D eigenvalue weighted by atomic mass is 10.2. The second-order valence-electron chi connectivity index (χ2n) is 7.16. The molecule has 156 valence electrons. The van der Waals surface area contributed by atoms with Crippen LogP contribution in [0.15, 0.2) is 35.6 Å². The number of guanidine groups is 1. The molecule has 0 bridgehead atoms. The number of halogens is 1. The van der Waals surface area contributed by atoms with Gasteiger partial charge in [0.2, 0.25) is 0 Å². The molecule has 0 spiro atoms. The normalized spacial score (nSPS) is 11.6. The number of nitrogens with zero attached hydrogens (tertiary/aromatic N) is 3. The largest absolute Gasteiger partial charge is 0.444 e. The summed E-state index contributed by atoms with van der Waals surface area (Å²) in [6, 6.07) is 5.96. The van der Waals surface area contributed by atoms with Gasteiger partial charge >= 0.3 is 6.09 Å². The quantitative estimate of drug-likeness (QED) is 0.234. The Bertz CT molecular complexity index is 736. The Morgan fingerprint density at radius 2 is 1.89 bits per heavy atom. The number of ether oxygens (including phenoxy) is 1. The highest BCUT2D eigenvalue weighted by atomic mass is 127. The second kappa shape index (κ2) is 11.7. The molecule has 0 aromatic carbocycles. The van der Waals surface area contributed by atoms with Gasteiger partial charge in [-0.2, -0.15) is 0 Å². The average Bonchev–Trinajstić information content (AvgIpc) is 3.01. The van der Waals surface area contributed by atoms with Crippen molar-refractivity contribution in [2.75, 3.05) is 26.7 Å². The Morgan fingerprint density at radius 1 is 1.18 bits per heavy atom. The Hall–Kier alpha value is -2.04. The fraction of sp³-hybridized carbons (Fsp3) is 0.526. The zero-order chi connectivity index (χ0) is 19.7. The third kappa shape index (κ3) is 8.77. The number of pyridine rings is 1. The molecular weight excluding hydrogens is 471 g/mol. The first kappa shape index (κ1) is 24.0. The first-order valence-electron chi connectivity index (χ1n) is 9.21. The lowest BCUT2D eigenvalue weighted by molar-refractivity contribution is 0.0527. The standard InChI is InChI=1S/C19H30N6O2.HI/c1-19(2,3)27-18(26)23-11-7-10-21-17(20-4)22-12-9-15-14-25-13-6-5-8-16(25)24-15;/h5-6,8,13-14H,7,9-12H2,1-4H3,(H,23,26)(H2,20,21,22);1H. The third-order valence-electron chi connectivity index (χ3n) is 3.63. The van der Waals surface area contributed by atoms with E-state index in [-0.39, 0.29) is 24.0 Å². The number of fused-ring (bicyclic) bond motifs is 1. The summed E-state index contributed by atoms with van der Waals surface area (Å²) >= 11 is 0. The summed E-state index contributed by atoms with van der Waals surface area (Å²) in [4.78, 5) is 20.3. The highest BCUT2D eigenvalue weighted by Crippen LogP contribution is 2.06. The molecule has 2 aromatic rings. The average molecular weight is 502 g/mol. The molecule has 0 unspecified atom stereocenters. The molecule has 1 amide bonds. The highest BCUT2D eigenvalue weighted by molar-refractivity contribution is 14.0. The topological polar surface area (TPSA) is 92.0 Å². The number of aromatic nitrogens is 2. The van der Waals surface area contributed by atoms with E-state index in [9.17, 15) is 4.79 Å². The summed E-state index contributed by atoms with van der Waals surface area (Å²) in [5, 5.41) is 9.23. The van der Waals surface area contributed by atoms with Gasteiger partial charge in [0.15, 0.2) is 5.96 Å². The Labute approximate surface area is 183 Å². The smallest absolute Gasteiger partial charge is 0.407 e. The number of nitrogens with one attached hydrogen (secondary N) is 3. The molecule has 0 aliphatic rings. The van der Waals surface area contributed by atoms with Crippen LogP contribution in [0.1, 0.15) is 32.9 Å². The summed E-state index contributed by atoms with van der Waals surface area (Å²) < 4.78 is 7.20. The van der Waals surface area contributed by atoms with Crippen molar-refractivity contribution in [3.8, 4) is 0 Å². The van der Waals surface area contributed by atoms with Gasteiger partial charge in [0.1, 0.15) is 11.2 Å². The zero-order valence-electron chi connectivity index (χ0n) is 17.0. The summed E-state index contributed by atoms with van der Waals surface area (Å²) in [5.74, 6) is 0.732. The molecule has 2 aromatic heterocycles. The molecule has 9 heteroatoms. The molecular formula is C19H31IN6O2. The molecule has 0 aliphatic heterocycles. The number of rotatable bonds is 7. The van der Waals surface area contributed by atoms with Gasteiger partial charge in [-0.3, -0.25) is 4.99 Å². The molecule has 0 saturated heterocycles. The van der Waals surface area contributed by atoms with E-state index in [0.717, 1.165) is 36.7 Å². The van der Waals surface area contributed by atoms with Crippen molar-refractivity contribution in [3.63, 3.8) is 0 Å². The number of carbonyl (C=O) groups excluding carboxylic acids is 1. The fourth-order valence-corrected chi connectivity index (χ4v) is 2.44. The van der Waals surface area contributed by atoms with E-state index in [2.05, 4.69) is 25.9 Å². The van der Waals surface area contributed by atoms with Crippen molar-refractivity contribution in [2.24, 2.45) is 4.99 Å². The summed E-state index contributed by atoms with van der Waals surface area (Å²) in [6.07, 6.45) is 5.22. The minimum absolute atomic E-state index is 0. The van der Waals surface area contributed by atoms with Crippen molar-refractivity contribution >= 4 is 41.7 Å². The van der Waals surface area contributed by atoms with Crippen LogP contribution in [0.4, 0.5) is 4.79 Å². The van der Waals surface area contributed by atoms with Gasteiger partial charge in [-0.15, -0.1) is 24.0 Å². The number of aliphatic imine (C=N–C) groups is 1. The van der Waals surface area contributed by atoms with Crippen LogP contribution in [0, 0.1) is 0 Å². The summed E-state index contributed by atoms with van der Waals surface area (Å²) in [7, 11) is 1.74. The fourth-order valence-electron chi connectivity index (χ4n) is 2.44. The SMILES string of the molecule is CN=C(NCCCNC(=O)OC(C)(C)C)NCCc1cn2ccccc2n1.I. The van der Waals surface area contributed by atoms with Gasteiger partial charge < -0.3 is 25.1 Å². The number of hydrogen-bond acceptors (Lipinski definition) is 4. The van der Waals surface area contributed by atoms with Crippen LogP contribution in [0.3, 0.4) is 0 Å². The van der Waals surface area contributed by atoms with Gasteiger partial charge in [0.05, 0.1) is 5.69 Å². The molecule has 28 heavy (non-hydrogen) atoms. The van der Waals surface area contributed by atoms with Crippen molar-refractivity contribution in [2.45, 2.75) is 39.2 Å². The van der Waals surface area contributed by atoms with Gasteiger partial charge in [-0.1, -0.05) is 6.07 Å². The van der Waals surface area contributed by atoms with Gasteiger partial charge in [-0.25, -0.2) is 9.78 Å². The van der Waals surface area contributed by atoms with Crippen LogP contribution in [0.2, 0.25) is 0 Å². The number of hydrogen-bond donors (Lipinski definition) is 3. The van der Waals surface area contributed by atoms with Crippen LogP contribution in [0.5, 0.6) is 0 Å². The maximum Gasteiger partial charge on any atom is 0.407 e. The van der Waals surface area contributed by atoms with Crippen molar-refractivity contribution in [3.05, 3.63) is 36.3 Å². The highest BCUT2D eigenvalue weighted by Gasteiger charge is 2.15. The van der Waals surface area contributed by atoms with E-state index in [1.54, 1.807) is 7.05 Å². The van der Waals surface area contributed by atoms with Gasteiger partial charge in [-0.05, 0) is 39.3 Å². The first-order chi connectivity index (χ1) is 12.9. The van der Waals surface area contributed by atoms with E-state index < -0.39 is 11.7 Å². The van der Waals surface area contributed by atoms with E-state index in [4.69, 9.17) is 4.74 Å². The number of alkyl carbamates (subject to hydrolysis) is 1. The molecule has 0 saturated carbocycles. The second-order valence-corrected chi connectivity index (χ2v) is 7.16. The number of amides is 1. The number of carbonyl (C=O) groups is 1. The van der Waals surface area contributed by atoms with Crippen LogP contribution in [-0.2, 0) is 11.2 Å². The Kier molecular flexibility index (Phi) is 10.0. The van der Waals surface area contributed by atoms with Gasteiger partial charge in [0.25, 0.3) is 0 Å². The maximum absolute atomic E-state index is 11.6. The molecule has 2 heterocycles. The molecule has 2 rings (SSSR count). The van der Waals surface area contributed by atoms with Crippen LogP contribution < -0.4 is 16.0 Å². The lowest BCUT2D eigenvalue weighted by Gasteiger charge is -2.19. The molecule has 0 atom stereocenters. The monoisotopic (exact) mass is 502 g/mol. The van der Waals surface area contributed by atoms with E-state index in [1.807, 2.05) is 55.8 Å². The van der Waals surface area contributed by atoms with Crippen LogP contribution in [-0.4, -0.2) is 53.7 Å². The zero-order valence-corrected chi connectivity index (χ0v) is 19.3. The molecule has 8 nitrogen and oxygen atoms in total. The molecule has 3 N–H and O–H groups in total. The summed E-state index contributed by atoms with van der Waals surface area (Å²) in [5.41, 5.74) is 1.51. The van der Waals surface area contributed by atoms with E-state index in [1.165, 1.54) is 0 Å². The van der Waals surface area contributed by atoms with Crippen molar-refractivity contribution in [1.82, 2.24) is 25.3 Å². The van der Waals surface area contributed by atoms with Gasteiger partial charge in [0, 0.05) is 45.5 Å². The predicted molar refractivity (Wildman–Crippen MR) is 123 cm³/mol. The number of imidazole rings is 1. The van der Waals surface area contributed by atoms with E-state index >= 15 is 0 Å². The summed E-state index contributed by atoms with van der Waals surface area (Å²) in [6.45, 7) is 7.51. The third-order valence-corrected chi connectivity index (χ3v) is 3.63. The Morgan fingerprint density at radius 3 is 2.57 bits per heavy atom. The maximum atomic E-state index is 11.6. The predicted octanol–water partition coefficient (Wildman–Crippen LogP) is 2.57. The van der Waals surface area contributed by atoms with Crippen molar-refractivity contribution < 1.29 is 9.53 Å².